The third-order valence-electron chi connectivity index (χ3n) is 6.03. The Labute approximate surface area is 117 Å². The summed E-state index contributed by atoms with van der Waals surface area (Å²) in [6.07, 6.45) is 15.9. The minimum Gasteiger partial charge on any atom is -0.273 e. The van der Waals surface area contributed by atoms with E-state index in [1.165, 1.54) is 38.5 Å². The molecule has 1 radical (unpaired) electrons. The first-order valence-electron chi connectivity index (χ1n) is 8.40. The van der Waals surface area contributed by atoms with Crippen LogP contribution >= 0.6 is 0 Å². The van der Waals surface area contributed by atoms with Crippen LogP contribution in [0.3, 0.4) is 0 Å². The lowest BCUT2D eigenvalue weighted by atomic mass is 9.48. The fourth-order valence-corrected chi connectivity index (χ4v) is 5.74. The molecule has 0 saturated heterocycles. The molecular formula is C17H28NO. The molecule has 4 rings (SSSR count). The van der Waals surface area contributed by atoms with Crippen LogP contribution in [0.25, 0.3) is 0 Å². The van der Waals surface area contributed by atoms with Crippen LogP contribution in [0, 0.1) is 23.2 Å². The summed E-state index contributed by atoms with van der Waals surface area (Å²) in [5.74, 6) is 2.84. The number of carbonyl (C=O) groups excluding carboxylic acids is 1. The van der Waals surface area contributed by atoms with Gasteiger partial charge in [0, 0.05) is 6.42 Å². The highest BCUT2D eigenvalue weighted by atomic mass is 16.1. The van der Waals surface area contributed by atoms with Gasteiger partial charge in [0.1, 0.15) is 0 Å². The third kappa shape index (κ3) is 3.14. The van der Waals surface area contributed by atoms with Crippen molar-refractivity contribution in [2.45, 2.75) is 77.0 Å². The Kier molecular flexibility index (Phi) is 3.86. The Bertz CT molecular complexity index is 301. The Hall–Kier alpha value is -0.530. The molecule has 4 saturated carbocycles. The summed E-state index contributed by atoms with van der Waals surface area (Å²) in [4.78, 5) is 10.6. The molecule has 0 aromatic heterocycles. The van der Waals surface area contributed by atoms with Crippen molar-refractivity contribution in [1.29, 1.82) is 0 Å². The molecule has 0 unspecified atom stereocenters. The number of hydrogen-bond acceptors (Lipinski definition) is 1. The number of unbranched alkanes of at least 4 members (excludes halogenated alkanes) is 3. The van der Waals surface area contributed by atoms with E-state index >= 15 is 0 Å². The van der Waals surface area contributed by atoms with Crippen LogP contribution < -0.4 is 5.73 Å². The fourth-order valence-electron chi connectivity index (χ4n) is 5.74. The van der Waals surface area contributed by atoms with Crippen LogP contribution in [0.15, 0.2) is 0 Å². The maximum absolute atomic E-state index is 10.6. The second kappa shape index (κ2) is 5.46. The lowest BCUT2D eigenvalue weighted by molar-refractivity contribution is -0.118. The summed E-state index contributed by atoms with van der Waals surface area (Å²) >= 11 is 0. The van der Waals surface area contributed by atoms with E-state index in [2.05, 4.69) is 0 Å². The molecular weight excluding hydrogens is 234 g/mol. The van der Waals surface area contributed by atoms with Gasteiger partial charge in [-0.1, -0.05) is 19.3 Å². The average molecular weight is 262 g/mol. The SMILES string of the molecule is [NH]C(=O)CCCCCCC12CC3CC(CC(C3)C1)C2. The molecule has 0 heterocycles. The summed E-state index contributed by atoms with van der Waals surface area (Å²) in [5.41, 5.74) is 7.63. The van der Waals surface area contributed by atoms with Gasteiger partial charge in [0.25, 0.3) is 0 Å². The van der Waals surface area contributed by atoms with Crippen molar-refractivity contribution in [2.24, 2.45) is 23.2 Å². The number of hydrogen-bond donors (Lipinski definition) is 0. The first-order chi connectivity index (χ1) is 9.15. The van der Waals surface area contributed by atoms with Gasteiger partial charge in [-0.3, -0.25) is 10.5 Å². The molecule has 0 aliphatic heterocycles. The lowest BCUT2D eigenvalue weighted by Gasteiger charge is -2.57. The lowest BCUT2D eigenvalue weighted by Crippen LogP contribution is -2.45. The second-order valence-electron chi connectivity index (χ2n) is 7.75. The summed E-state index contributed by atoms with van der Waals surface area (Å²) in [5, 5.41) is 0. The standard InChI is InChI=1S/C17H28NO/c18-16(19)5-3-1-2-4-6-17-10-13-7-14(11-17)9-15(8-13)12-17/h13-15,18H,1-12H2. The van der Waals surface area contributed by atoms with Crippen molar-refractivity contribution in [1.82, 2.24) is 5.73 Å². The minimum atomic E-state index is -0.388. The minimum absolute atomic E-state index is 0.388. The molecule has 2 heteroatoms. The molecule has 0 aromatic carbocycles. The third-order valence-corrected chi connectivity index (χ3v) is 6.03. The number of carbonyl (C=O) groups is 1. The molecule has 0 spiro atoms. The zero-order chi connectivity index (χ0) is 13.3. The smallest absolute Gasteiger partial charge is 0.238 e. The van der Waals surface area contributed by atoms with Crippen molar-refractivity contribution < 1.29 is 4.79 Å². The predicted molar refractivity (Wildman–Crippen MR) is 76.4 cm³/mol. The van der Waals surface area contributed by atoms with Gasteiger partial charge >= 0.3 is 0 Å². The molecule has 0 atom stereocenters. The van der Waals surface area contributed by atoms with Crippen LogP contribution in [0.4, 0.5) is 0 Å². The van der Waals surface area contributed by atoms with E-state index in [4.69, 9.17) is 5.73 Å². The predicted octanol–water partition coefficient (Wildman–Crippen LogP) is 4.35. The van der Waals surface area contributed by atoms with Crippen molar-refractivity contribution in [3.05, 3.63) is 0 Å². The molecule has 4 fully saturated rings. The van der Waals surface area contributed by atoms with Gasteiger partial charge in [-0.15, -0.1) is 0 Å². The summed E-state index contributed by atoms with van der Waals surface area (Å²) < 4.78 is 0. The molecule has 19 heavy (non-hydrogen) atoms. The summed E-state index contributed by atoms with van der Waals surface area (Å²) in [6, 6.07) is 0. The average Bonchev–Trinajstić information content (AvgIpc) is 2.31. The first kappa shape index (κ1) is 13.5. The van der Waals surface area contributed by atoms with Crippen LogP contribution in [-0.2, 0) is 4.79 Å². The van der Waals surface area contributed by atoms with Crippen LogP contribution in [0.2, 0.25) is 0 Å². The number of rotatable bonds is 7. The van der Waals surface area contributed by atoms with Crippen molar-refractivity contribution >= 4 is 5.91 Å². The van der Waals surface area contributed by atoms with Crippen molar-refractivity contribution in [2.75, 3.05) is 0 Å². The topological polar surface area (TPSA) is 40.9 Å². The van der Waals surface area contributed by atoms with Gasteiger partial charge < -0.3 is 0 Å². The van der Waals surface area contributed by atoms with E-state index in [-0.39, 0.29) is 5.91 Å². The van der Waals surface area contributed by atoms with E-state index in [1.807, 2.05) is 0 Å². The molecule has 2 nitrogen and oxygen atoms in total. The Morgan fingerprint density at radius 2 is 1.42 bits per heavy atom. The fraction of sp³-hybridized carbons (Fsp3) is 0.941. The molecule has 4 aliphatic rings. The summed E-state index contributed by atoms with van der Waals surface area (Å²) in [7, 11) is 0. The first-order valence-corrected chi connectivity index (χ1v) is 8.40. The Balaban J connectivity index is 1.39. The molecule has 4 aliphatic carbocycles. The summed E-state index contributed by atoms with van der Waals surface area (Å²) in [6.45, 7) is 0. The quantitative estimate of drug-likeness (QED) is 0.629. The van der Waals surface area contributed by atoms with Crippen LogP contribution in [-0.4, -0.2) is 5.91 Å². The van der Waals surface area contributed by atoms with Gasteiger partial charge in [-0.2, -0.15) is 0 Å². The maximum atomic E-state index is 10.6. The highest BCUT2D eigenvalue weighted by molar-refractivity contribution is 5.72. The Morgan fingerprint density at radius 3 is 1.95 bits per heavy atom. The van der Waals surface area contributed by atoms with Gasteiger partial charge in [-0.25, -0.2) is 0 Å². The normalized spacial score (nSPS) is 39.7. The molecule has 1 N–H and O–H groups in total. The van der Waals surface area contributed by atoms with Crippen molar-refractivity contribution in [3.63, 3.8) is 0 Å². The van der Waals surface area contributed by atoms with E-state index in [9.17, 15) is 4.79 Å². The van der Waals surface area contributed by atoms with Gasteiger partial charge in [0.05, 0.1) is 0 Å². The number of amides is 1. The van der Waals surface area contributed by atoms with Gasteiger partial charge in [-0.05, 0) is 74.5 Å². The van der Waals surface area contributed by atoms with Crippen LogP contribution in [0.5, 0.6) is 0 Å². The van der Waals surface area contributed by atoms with Gasteiger partial charge in [0.2, 0.25) is 5.91 Å². The van der Waals surface area contributed by atoms with E-state index in [0.717, 1.165) is 36.0 Å². The van der Waals surface area contributed by atoms with E-state index in [0.29, 0.717) is 6.42 Å². The molecule has 107 valence electrons. The van der Waals surface area contributed by atoms with Crippen LogP contribution in [0.1, 0.15) is 77.0 Å². The van der Waals surface area contributed by atoms with Crippen molar-refractivity contribution in [3.8, 4) is 0 Å². The van der Waals surface area contributed by atoms with E-state index in [1.54, 1.807) is 19.3 Å². The van der Waals surface area contributed by atoms with Gasteiger partial charge in [0.15, 0.2) is 0 Å². The molecule has 4 bridgehead atoms. The Morgan fingerprint density at radius 1 is 0.895 bits per heavy atom. The molecule has 0 aromatic rings. The van der Waals surface area contributed by atoms with E-state index < -0.39 is 0 Å². The largest absolute Gasteiger partial charge is 0.273 e. The molecule has 1 amide bonds. The maximum Gasteiger partial charge on any atom is 0.238 e. The zero-order valence-corrected chi connectivity index (χ0v) is 12.1. The zero-order valence-electron chi connectivity index (χ0n) is 12.1. The second-order valence-corrected chi connectivity index (χ2v) is 7.75. The highest BCUT2D eigenvalue weighted by Gasteiger charge is 2.50. The highest BCUT2D eigenvalue weighted by Crippen LogP contribution is 2.61. The number of nitrogens with one attached hydrogen (secondary N) is 1. The monoisotopic (exact) mass is 262 g/mol.